The van der Waals surface area contributed by atoms with Crippen LogP contribution in [0.5, 0.6) is 5.75 Å². The zero-order chi connectivity index (χ0) is 20.9. The summed E-state index contributed by atoms with van der Waals surface area (Å²) in [6.45, 7) is 5.61. The van der Waals surface area contributed by atoms with Crippen molar-refractivity contribution in [2.24, 2.45) is 0 Å². The summed E-state index contributed by atoms with van der Waals surface area (Å²) in [4.78, 5) is 12.4. The van der Waals surface area contributed by atoms with Gasteiger partial charge in [0.15, 0.2) is 0 Å². The van der Waals surface area contributed by atoms with Gasteiger partial charge < -0.3 is 10.1 Å². The maximum atomic E-state index is 12.4. The molecule has 1 atom stereocenters. The summed E-state index contributed by atoms with van der Waals surface area (Å²) in [5.74, 6) is 0.360. The summed E-state index contributed by atoms with van der Waals surface area (Å²) in [5, 5.41) is 2.79. The van der Waals surface area contributed by atoms with Crippen molar-refractivity contribution in [2.75, 3.05) is 23.7 Å². The second kappa shape index (κ2) is 9.43. The number of para-hydroxylation sites is 1. The maximum Gasteiger partial charge on any atom is 0.241 e. The molecule has 0 aliphatic carbocycles. The zero-order valence-corrected chi connectivity index (χ0v) is 18.8. The molecule has 0 radical (unpaired) electrons. The number of anilines is 1. The van der Waals surface area contributed by atoms with Gasteiger partial charge in [-0.15, -0.1) is 0 Å². The smallest absolute Gasteiger partial charge is 0.241 e. The first kappa shape index (κ1) is 22.2. The van der Waals surface area contributed by atoms with Crippen LogP contribution >= 0.6 is 15.9 Å². The lowest BCUT2D eigenvalue weighted by Crippen LogP contribution is -2.45. The molecule has 1 unspecified atom stereocenters. The molecule has 0 saturated carbocycles. The number of carbonyl (C=O) groups excluding carboxylic acids is 1. The maximum absolute atomic E-state index is 12.4. The van der Waals surface area contributed by atoms with Gasteiger partial charge in [0.25, 0.3) is 0 Å². The highest BCUT2D eigenvalue weighted by Gasteiger charge is 2.22. The summed E-state index contributed by atoms with van der Waals surface area (Å²) in [7, 11) is -3.61. The third-order valence-corrected chi connectivity index (χ3v) is 6.14. The molecule has 1 N–H and O–H groups in total. The van der Waals surface area contributed by atoms with E-state index < -0.39 is 15.9 Å². The first-order chi connectivity index (χ1) is 13.1. The van der Waals surface area contributed by atoms with Crippen LogP contribution in [0, 0.1) is 13.8 Å². The highest BCUT2D eigenvalue weighted by molar-refractivity contribution is 9.10. The number of halogens is 1. The third kappa shape index (κ3) is 6.24. The number of rotatable bonds is 8. The lowest BCUT2D eigenvalue weighted by molar-refractivity contribution is -0.120. The minimum absolute atomic E-state index is 0.278. The summed E-state index contributed by atoms with van der Waals surface area (Å²) in [6, 6.07) is 12.5. The monoisotopic (exact) mass is 468 g/mol. The van der Waals surface area contributed by atoms with E-state index in [1.54, 1.807) is 18.2 Å². The van der Waals surface area contributed by atoms with Crippen LogP contribution in [0.2, 0.25) is 0 Å². The number of amides is 1. The molecule has 2 rings (SSSR count). The van der Waals surface area contributed by atoms with Crippen LogP contribution < -0.4 is 14.4 Å². The Labute approximate surface area is 175 Å². The van der Waals surface area contributed by atoms with Gasteiger partial charge in [0, 0.05) is 4.47 Å². The van der Waals surface area contributed by atoms with Gasteiger partial charge in [-0.2, -0.15) is 0 Å². The second-order valence-corrected chi connectivity index (χ2v) is 9.51. The van der Waals surface area contributed by atoms with Gasteiger partial charge in [0.2, 0.25) is 15.9 Å². The van der Waals surface area contributed by atoms with Crippen molar-refractivity contribution in [3.8, 4) is 5.75 Å². The molecule has 2 aromatic carbocycles. The van der Waals surface area contributed by atoms with Gasteiger partial charge in [0.05, 0.1) is 18.0 Å². The van der Waals surface area contributed by atoms with Crippen molar-refractivity contribution >= 4 is 37.5 Å². The molecular formula is C20H25BrN2O4S. The molecule has 2 aromatic rings. The summed E-state index contributed by atoms with van der Waals surface area (Å²) in [5.41, 5.74) is 2.34. The van der Waals surface area contributed by atoms with Gasteiger partial charge in [-0.3, -0.25) is 9.10 Å². The number of benzene rings is 2. The second-order valence-electron chi connectivity index (χ2n) is 6.75. The Hall–Kier alpha value is -2.06. The average Bonchev–Trinajstić information content (AvgIpc) is 2.60. The van der Waals surface area contributed by atoms with Crippen molar-refractivity contribution < 1.29 is 17.9 Å². The van der Waals surface area contributed by atoms with E-state index in [9.17, 15) is 13.2 Å². The molecule has 8 heteroatoms. The standard InChI is InChI=1S/C20H25BrN2O4S/c1-14-7-5-6-8-19(14)27-13-16(3)22-20(24)12-23(28(4,25)26)17-9-10-18(21)15(2)11-17/h5-11,16H,12-13H2,1-4H3,(H,22,24). The van der Waals surface area contributed by atoms with Crippen molar-refractivity contribution in [1.82, 2.24) is 5.32 Å². The molecule has 152 valence electrons. The molecular weight excluding hydrogens is 444 g/mol. The third-order valence-electron chi connectivity index (χ3n) is 4.11. The number of hydrogen-bond acceptors (Lipinski definition) is 4. The fraction of sp³-hybridized carbons (Fsp3) is 0.350. The van der Waals surface area contributed by atoms with Gasteiger partial charge in [-0.25, -0.2) is 8.42 Å². The largest absolute Gasteiger partial charge is 0.491 e. The predicted molar refractivity (Wildman–Crippen MR) is 115 cm³/mol. The van der Waals surface area contributed by atoms with Crippen LogP contribution in [-0.4, -0.2) is 39.8 Å². The molecule has 6 nitrogen and oxygen atoms in total. The Balaban J connectivity index is 2.01. The number of ether oxygens (including phenoxy) is 1. The predicted octanol–water partition coefficient (Wildman–Crippen LogP) is 3.42. The van der Waals surface area contributed by atoms with Crippen LogP contribution in [0.3, 0.4) is 0 Å². The average molecular weight is 469 g/mol. The van der Waals surface area contributed by atoms with Crippen LogP contribution in [-0.2, 0) is 14.8 Å². The van der Waals surface area contributed by atoms with E-state index in [4.69, 9.17) is 4.74 Å². The lowest BCUT2D eigenvalue weighted by atomic mass is 10.2. The SMILES string of the molecule is Cc1cc(N(CC(=O)NC(C)COc2ccccc2C)S(C)(=O)=O)ccc1Br. The minimum Gasteiger partial charge on any atom is -0.491 e. The number of hydrogen-bond donors (Lipinski definition) is 1. The number of carbonyl (C=O) groups is 1. The molecule has 0 spiro atoms. The summed E-state index contributed by atoms with van der Waals surface area (Å²) < 4.78 is 32.1. The van der Waals surface area contributed by atoms with Crippen LogP contribution in [0.25, 0.3) is 0 Å². The van der Waals surface area contributed by atoms with E-state index in [1.807, 2.05) is 45.0 Å². The Morgan fingerprint density at radius 3 is 2.46 bits per heavy atom. The fourth-order valence-electron chi connectivity index (χ4n) is 2.61. The minimum atomic E-state index is -3.61. The van der Waals surface area contributed by atoms with E-state index in [2.05, 4.69) is 21.2 Å². The molecule has 28 heavy (non-hydrogen) atoms. The Bertz CT molecular complexity index is 947. The number of nitrogens with zero attached hydrogens (tertiary/aromatic N) is 1. The van der Waals surface area contributed by atoms with E-state index in [0.29, 0.717) is 5.69 Å². The van der Waals surface area contributed by atoms with Gasteiger partial charge in [-0.1, -0.05) is 34.1 Å². The van der Waals surface area contributed by atoms with Gasteiger partial charge >= 0.3 is 0 Å². The number of sulfonamides is 1. The first-order valence-electron chi connectivity index (χ1n) is 8.79. The normalized spacial score (nSPS) is 12.3. The van der Waals surface area contributed by atoms with Crippen molar-refractivity contribution in [3.63, 3.8) is 0 Å². The summed E-state index contributed by atoms with van der Waals surface area (Å²) in [6.07, 6.45) is 1.09. The fourth-order valence-corrected chi connectivity index (χ4v) is 3.70. The molecule has 0 aromatic heterocycles. The quantitative estimate of drug-likeness (QED) is 0.643. The Morgan fingerprint density at radius 2 is 1.86 bits per heavy atom. The van der Waals surface area contributed by atoms with Crippen molar-refractivity contribution in [3.05, 3.63) is 58.1 Å². The molecule has 0 saturated heterocycles. The first-order valence-corrected chi connectivity index (χ1v) is 11.4. The molecule has 0 aliphatic heterocycles. The number of aryl methyl sites for hydroxylation is 2. The molecule has 0 aliphatic rings. The Morgan fingerprint density at radius 1 is 1.18 bits per heavy atom. The highest BCUT2D eigenvalue weighted by Crippen LogP contribution is 2.24. The molecule has 0 bridgehead atoms. The van der Waals surface area contributed by atoms with Crippen molar-refractivity contribution in [2.45, 2.75) is 26.8 Å². The highest BCUT2D eigenvalue weighted by atomic mass is 79.9. The van der Waals surface area contributed by atoms with E-state index in [0.717, 1.165) is 31.9 Å². The lowest BCUT2D eigenvalue weighted by Gasteiger charge is -2.24. The van der Waals surface area contributed by atoms with Crippen LogP contribution in [0.1, 0.15) is 18.1 Å². The van der Waals surface area contributed by atoms with Crippen molar-refractivity contribution in [1.29, 1.82) is 0 Å². The number of nitrogens with one attached hydrogen (secondary N) is 1. The van der Waals surface area contributed by atoms with Gasteiger partial charge in [-0.05, 0) is 56.2 Å². The summed E-state index contributed by atoms with van der Waals surface area (Å²) >= 11 is 3.39. The van der Waals surface area contributed by atoms with Gasteiger partial charge in [0.1, 0.15) is 18.9 Å². The van der Waals surface area contributed by atoms with E-state index in [1.165, 1.54) is 0 Å². The van der Waals surface area contributed by atoms with Crippen LogP contribution in [0.15, 0.2) is 46.9 Å². The topological polar surface area (TPSA) is 75.7 Å². The molecule has 0 fully saturated rings. The van der Waals surface area contributed by atoms with E-state index in [-0.39, 0.29) is 19.2 Å². The van der Waals surface area contributed by atoms with E-state index >= 15 is 0 Å². The van der Waals surface area contributed by atoms with Crippen LogP contribution in [0.4, 0.5) is 5.69 Å². The Kier molecular flexibility index (Phi) is 7.48. The molecule has 0 heterocycles. The molecule has 1 amide bonds. The zero-order valence-electron chi connectivity index (χ0n) is 16.4.